The molecule has 11 heterocycles. The molecule has 4 fully saturated rings. The van der Waals surface area contributed by atoms with Crippen molar-refractivity contribution in [2.45, 2.75) is 120 Å². The van der Waals surface area contributed by atoms with Crippen molar-refractivity contribution >= 4 is 67.5 Å². The van der Waals surface area contributed by atoms with Crippen molar-refractivity contribution in [2.75, 3.05) is 60.4 Å². The summed E-state index contributed by atoms with van der Waals surface area (Å²) < 4.78 is 57.0. The molecule has 0 bridgehead atoms. The van der Waals surface area contributed by atoms with Gasteiger partial charge in [-0.3, -0.25) is 15.3 Å². The molecule has 2 unspecified atom stereocenters. The summed E-state index contributed by atoms with van der Waals surface area (Å²) in [6, 6.07) is 12.2. The number of aryl methyl sites for hydroxylation is 1. The normalized spacial score (nSPS) is 17.8. The van der Waals surface area contributed by atoms with Gasteiger partial charge in [0, 0.05) is 106 Å². The molecule has 4 aliphatic rings. The Hall–Kier alpha value is -8.77. The van der Waals surface area contributed by atoms with E-state index in [0.29, 0.717) is 45.8 Å². The molecule has 0 radical (unpaired) electrons. The molecular formula is C73H74Cl3F3N16O4. The average Bonchev–Trinajstić information content (AvgIpc) is 1.62. The van der Waals surface area contributed by atoms with Gasteiger partial charge in [0.2, 0.25) is 11.7 Å². The number of aliphatic hydroxyl groups is 3. The van der Waals surface area contributed by atoms with Crippen molar-refractivity contribution in [1.82, 2.24) is 79.1 Å². The second kappa shape index (κ2) is 28.5. The zero-order valence-corrected chi connectivity index (χ0v) is 57.8. The van der Waals surface area contributed by atoms with Crippen LogP contribution in [-0.4, -0.2) is 160 Å². The number of hydrogen-bond acceptors (Lipinski definition) is 14. The fourth-order valence-corrected chi connectivity index (χ4v) is 14.2. The number of hydrogen-bond donors (Lipinski definition) is 6. The highest BCUT2D eigenvalue weighted by Gasteiger charge is 2.32. The van der Waals surface area contributed by atoms with Gasteiger partial charge in [-0.1, -0.05) is 75.5 Å². The van der Waals surface area contributed by atoms with Gasteiger partial charge in [-0.2, -0.15) is 20.3 Å². The fourth-order valence-electron chi connectivity index (χ4n) is 13.6. The van der Waals surface area contributed by atoms with E-state index in [0.717, 1.165) is 157 Å². The minimum Gasteiger partial charge on any atom is -0.378 e. The summed E-state index contributed by atoms with van der Waals surface area (Å²) in [5.74, 6) is 16.0. The number of aromatic amines is 3. The van der Waals surface area contributed by atoms with E-state index >= 15 is 13.2 Å². The Bertz CT molecular complexity index is 4960. The lowest BCUT2D eigenvalue weighted by atomic mass is 10.0. The molecule has 1 saturated carbocycles. The van der Waals surface area contributed by atoms with Gasteiger partial charge in [0.1, 0.15) is 38.5 Å². The first kappa shape index (κ1) is 68.7. The highest BCUT2D eigenvalue weighted by molar-refractivity contribution is 6.33. The summed E-state index contributed by atoms with van der Waals surface area (Å²) in [6.07, 6.45) is 23.3. The molecule has 3 aliphatic heterocycles. The smallest absolute Gasteiger partial charge is 0.223 e. The van der Waals surface area contributed by atoms with Gasteiger partial charge in [0.25, 0.3) is 0 Å². The molecule has 6 N–H and O–H groups in total. The van der Waals surface area contributed by atoms with Gasteiger partial charge in [0.15, 0.2) is 17.0 Å². The van der Waals surface area contributed by atoms with Gasteiger partial charge >= 0.3 is 0 Å². The van der Waals surface area contributed by atoms with E-state index in [1.54, 1.807) is 55.8 Å². The Balaban J connectivity index is 0.000000134. The molecular weight excluding hydrogens is 1330 g/mol. The molecule has 0 amide bonds. The van der Waals surface area contributed by atoms with Crippen LogP contribution in [0.2, 0.25) is 15.5 Å². The van der Waals surface area contributed by atoms with Gasteiger partial charge in [-0.05, 0) is 181 Å². The van der Waals surface area contributed by atoms with Crippen LogP contribution in [-0.2, 0) is 11.2 Å². The Morgan fingerprint density at radius 3 is 1.22 bits per heavy atom. The molecule has 26 heteroatoms. The van der Waals surface area contributed by atoms with Crippen LogP contribution in [0.25, 0.3) is 66.1 Å². The minimum atomic E-state index is -1.70. The van der Waals surface area contributed by atoms with E-state index in [9.17, 15) is 15.3 Å². The Kier molecular flexibility index (Phi) is 19.8. The van der Waals surface area contributed by atoms with Crippen LogP contribution in [0.15, 0.2) is 96.6 Å². The van der Waals surface area contributed by atoms with Gasteiger partial charge < -0.3 is 48.2 Å². The van der Waals surface area contributed by atoms with Crippen molar-refractivity contribution in [3.63, 3.8) is 0 Å². The summed E-state index contributed by atoms with van der Waals surface area (Å²) in [6.45, 7) is 10.5. The first-order valence-corrected chi connectivity index (χ1v) is 34.1. The lowest BCUT2D eigenvalue weighted by Gasteiger charge is -2.30. The number of likely N-dealkylation sites (tertiary alicyclic amines) is 3. The predicted octanol–water partition coefficient (Wildman–Crippen LogP) is 12.9. The first-order valence-electron chi connectivity index (χ1n) is 33.0. The highest BCUT2D eigenvalue weighted by atomic mass is 35.5. The maximum absolute atomic E-state index is 15.3. The number of aromatic nitrogens is 13. The summed E-state index contributed by atoms with van der Waals surface area (Å²) in [5.41, 5.74) is 3.56. The summed E-state index contributed by atoms with van der Waals surface area (Å²) >= 11 is 19.1. The number of H-pyrrole nitrogens is 3. The number of piperidine rings is 3. The van der Waals surface area contributed by atoms with E-state index in [1.807, 2.05) is 12.4 Å². The fraction of sp³-hybridized carbons (Fsp3) is 0.384. The molecule has 15 rings (SSSR count). The second-order valence-electron chi connectivity index (χ2n) is 26.6. The zero-order chi connectivity index (χ0) is 69.5. The van der Waals surface area contributed by atoms with Gasteiger partial charge in [0.05, 0.1) is 51.8 Å². The molecule has 512 valence electrons. The number of nitrogens with one attached hydrogen (secondary N) is 3. The van der Waals surface area contributed by atoms with Crippen LogP contribution in [0, 0.1) is 59.9 Å². The Labute approximate surface area is 584 Å². The molecule has 3 aromatic carbocycles. The number of benzene rings is 3. The monoisotopic (exact) mass is 1400 g/mol. The van der Waals surface area contributed by atoms with Crippen LogP contribution in [0.1, 0.15) is 130 Å². The molecule has 1 aliphatic carbocycles. The molecule has 3 saturated heterocycles. The van der Waals surface area contributed by atoms with Crippen LogP contribution in [0.3, 0.4) is 0 Å². The molecule has 2 atom stereocenters. The van der Waals surface area contributed by atoms with Crippen molar-refractivity contribution in [3.8, 4) is 68.9 Å². The summed E-state index contributed by atoms with van der Waals surface area (Å²) in [7, 11) is 6.35. The lowest BCUT2D eigenvalue weighted by Crippen LogP contribution is -2.31. The minimum absolute atomic E-state index is 0.0262. The maximum Gasteiger partial charge on any atom is 0.223 e. The average molecular weight is 1400 g/mol. The molecule has 20 nitrogen and oxygen atoms in total. The maximum atomic E-state index is 15.3. The second-order valence-corrected chi connectivity index (χ2v) is 27.8. The van der Waals surface area contributed by atoms with Crippen molar-refractivity contribution in [1.29, 1.82) is 0 Å². The Morgan fingerprint density at radius 1 is 0.535 bits per heavy atom. The lowest BCUT2D eigenvalue weighted by molar-refractivity contribution is 0.108. The summed E-state index contributed by atoms with van der Waals surface area (Å²) in [5, 5.41) is 60.0. The van der Waals surface area contributed by atoms with E-state index < -0.39 is 28.4 Å². The predicted molar refractivity (Wildman–Crippen MR) is 375 cm³/mol. The third kappa shape index (κ3) is 14.7. The van der Waals surface area contributed by atoms with E-state index in [4.69, 9.17) is 39.3 Å². The van der Waals surface area contributed by atoms with Crippen molar-refractivity contribution in [3.05, 3.63) is 159 Å². The molecule has 8 aromatic heterocycles. The number of halogens is 6. The van der Waals surface area contributed by atoms with Crippen LogP contribution < -0.4 is 0 Å². The van der Waals surface area contributed by atoms with Crippen molar-refractivity contribution in [2.24, 2.45) is 0 Å². The molecule has 99 heavy (non-hydrogen) atoms. The molecule has 11 aromatic rings. The Morgan fingerprint density at radius 2 is 0.889 bits per heavy atom. The van der Waals surface area contributed by atoms with Gasteiger partial charge in [-0.15, -0.1) is 0 Å². The third-order valence-electron chi connectivity index (χ3n) is 19.4. The number of rotatable bonds is 8. The van der Waals surface area contributed by atoms with Crippen molar-refractivity contribution < 1.29 is 33.0 Å². The van der Waals surface area contributed by atoms with E-state index in [1.165, 1.54) is 38.4 Å². The van der Waals surface area contributed by atoms with Gasteiger partial charge in [-0.25, -0.2) is 23.1 Å². The van der Waals surface area contributed by atoms with E-state index in [-0.39, 0.29) is 40.7 Å². The zero-order valence-electron chi connectivity index (χ0n) is 55.5. The number of nitrogens with zero attached hydrogens (tertiary/aromatic N) is 13. The SMILES string of the molecule is CN1CCC(n2cc(-c3cn[nH]c3Cl)c3cc(C#CC(C)(O)c4ncccn4)c(F)cc32)CC1.CN1CCC(n2cc(-c3cn[nH]c3Cl)c3cc(C#CC4(O)CCCC4)c(F)cc32)CC1.Cc1nc(C(C)(O)C#Cc2cc3c(-c4cn[nH]c4Cl)cn(C4CCN(C)CC4)c3cc2F)no1. The highest BCUT2D eigenvalue weighted by Crippen LogP contribution is 2.43. The first-order chi connectivity index (χ1) is 47.5. The number of fused-ring (bicyclic) bond motifs is 3. The standard InChI is InChI=1S/C25H24ClFN6O.C24H24ClFN6O2.C24H26ClFN4O/c1-25(34,24-28-8-3-9-29-24)7-4-16-12-18-20(19-14-30-31-23(19)26)15-33(22(18)13-21(16)27)17-5-10-32(2)11-6-17;1-14-28-23(30-34-14)24(2,33)7-4-15-10-17-19(18-12-27-29-22(18)25)13-32(21(17)11-20(15)26)16-5-8-31(3)9-6-16;1-29-10-5-17(6-11-29)30-15-20(19-14-27-28-23(19)25)18-12-16(21(26)13-22(18)30)4-9-24(31)7-2-3-8-24/h3,8-9,12-15,17,34H,5-6,10-11H2,1-2H3,(H,30,31);10-13,16,33H,5-6,8-9H2,1-3H3,(H,27,29);12-15,17,31H,2-3,5-8,10-11H2,1H3,(H,27,28). The topological polar surface area (TPSA) is 236 Å². The largest absolute Gasteiger partial charge is 0.378 e. The third-order valence-corrected chi connectivity index (χ3v) is 20.2. The van der Waals surface area contributed by atoms with Crippen LogP contribution >= 0.6 is 34.8 Å². The van der Waals surface area contributed by atoms with Crippen LogP contribution in [0.5, 0.6) is 0 Å². The van der Waals surface area contributed by atoms with E-state index in [2.05, 4.69) is 142 Å². The quantitative estimate of drug-likeness (QED) is 0.0777. The van der Waals surface area contributed by atoms with Crippen LogP contribution in [0.4, 0.5) is 13.2 Å². The summed E-state index contributed by atoms with van der Waals surface area (Å²) in [4.78, 5) is 19.1. The molecule has 0 spiro atoms.